The summed E-state index contributed by atoms with van der Waals surface area (Å²) < 4.78 is 0. The Morgan fingerprint density at radius 1 is 0.379 bits per heavy atom. The maximum Gasteiger partial charge on any atom is 0.114 e. The molecule has 12 rings (SSSR count). The molecule has 8 aromatic rings. The molecule has 264 valence electrons. The summed E-state index contributed by atoms with van der Waals surface area (Å²) in [6.45, 7) is 8.66. The van der Waals surface area contributed by atoms with Crippen molar-refractivity contribution in [3.63, 3.8) is 0 Å². The number of hydrogen-bond acceptors (Lipinski definition) is 0. The van der Waals surface area contributed by atoms with E-state index in [1.807, 2.05) is 0 Å². The molecule has 0 N–H and O–H groups in total. The Bertz CT molecular complexity index is 3220. The van der Waals surface area contributed by atoms with E-state index in [9.17, 15) is 0 Å². The van der Waals surface area contributed by atoms with Crippen molar-refractivity contribution in [2.24, 2.45) is 0 Å². The van der Waals surface area contributed by atoms with Crippen LogP contribution in [0.3, 0.4) is 0 Å². The van der Waals surface area contributed by atoms with Crippen molar-refractivity contribution in [2.45, 2.75) is 53.4 Å². The minimum atomic E-state index is 0.428. The molecular formula is C54H36B4. The zero-order valence-corrected chi connectivity index (χ0v) is 33.4. The van der Waals surface area contributed by atoms with Gasteiger partial charge in [0.25, 0.3) is 0 Å². The highest BCUT2D eigenvalue weighted by atomic mass is 14.3. The predicted molar refractivity (Wildman–Crippen MR) is 250 cm³/mol. The standard InChI is InChI=1S/C54H36B4/c1-25-26(2)51(55)27(3)44-43(25)48(36-14-12-32-21-38-18-29-9-7-10-30(29)22-41(38)40(32)23-36)45-28(4)52(56)54(58)53(57)50(45)49(44)37-15-13-33-20-35-17-16-34-19-31-8-5-6-11-39(31)46(34)47(35)42(33)24-37/h5-9,11-18,22-24H,10,19-21H2,1-4H3. The molecule has 4 aliphatic carbocycles. The molecule has 0 aliphatic heterocycles. The smallest absolute Gasteiger partial charge is 0.110 e. The van der Waals surface area contributed by atoms with Gasteiger partial charge in [0.1, 0.15) is 31.4 Å². The van der Waals surface area contributed by atoms with Crippen LogP contribution in [0.25, 0.3) is 83.3 Å². The number of rotatable bonds is 2. The monoisotopic (exact) mass is 728 g/mol. The van der Waals surface area contributed by atoms with Crippen LogP contribution in [-0.2, 0) is 25.7 Å². The van der Waals surface area contributed by atoms with Gasteiger partial charge in [-0.2, -0.15) is 0 Å². The third-order valence-corrected chi connectivity index (χ3v) is 14.4. The highest BCUT2D eigenvalue weighted by Crippen LogP contribution is 2.52. The summed E-state index contributed by atoms with van der Waals surface area (Å²) in [5.74, 6) is 0. The van der Waals surface area contributed by atoms with Crippen LogP contribution in [0.4, 0.5) is 0 Å². The number of aryl methyl sites for hydroxylation is 3. The van der Waals surface area contributed by atoms with E-state index in [4.69, 9.17) is 31.4 Å². The second kappa shape index (κ2) is 11.9. The minimum Gasteiger partial charge on any atom is -0.110 e. The quantitative estimate of drug-likeness (QED) is 0.123. The van der Waals surface area contributed by atoms with E-state index in [-0.39, 0.29) is 0 Å². The van der Waals surface area contributed by atoms with Crippen molar-refractivity contribution in [1.29, 1.82) is 0 Å². The lowest BCUT2D eigenvalue weighted by atomic mass is 9.65. The highest BCUT2D eigenvalue weighted by molar-refractivity contribution is 6.62. The molecule has 0 saturated heterocycles. The number of allylic oxidation sites excluding steroid dienone is 1. The van der Waals surface area contributed by atoms with E-state index in [1.165, 1.54) is 83.3 Å². The molecular weight excluding hydrogens is 692 g/mol. The van der Waals surface area contributed by atoms with Gasteiger partial charge in [0, 0.05) is 0 Å². The molecule has 0 amide bonds. The van der Waals surface area contributed by atoms with Gasteiger partial charge in [-0.3, -0.25) is 0 Å². The Morgan fingerprint density at radius 2 is 0.931 bits per heavy atom. The van der Waals surface area contributed by atoms with Crippen LogP contribution in [0, 0.1) is 27.7 Å². The Balaban J connectivity index is 1.19. The molecule has 4 heteroatoms. The number of benzene rings is 8. The topological polar surface area (TPSA) is 0 Å². The lowest BCUT2D eigenvalue weighted by Gasteiger charge is -2.28. The zero-order valence-electron chi connectivity index (χ0n) is 33.4. The molecule has 0 bridgehead atoms. The van der Waals surface area contributed by atoms with E-state index < -0.39 is 0 Å². The summed E-state index contributed by atoms with van der Waals surface area (Å²) in [5.41, 5.74) is 30.0. The molecule has 0 atom stereocenters. The van der Waals surface area contributed by atoms with Gasteiger partial charge >= 0.3 is 0 Å². The second-order valence-electron chi connectivity index (χ2n) is 17.3. The average Bonchev–Trinajstić information content (AvgIpc) is 4.03. The number of fused-ring (bicyclic) bond motifs is 13. The first kappa shape index (κ1) is 34.3. The summed E-state index contributed by atoms with van der Waals surface area (Å²) in [6.07, 6.45) is 8.33. The van der Waals surface area contributed by atoms with E-state index in [0.29, 0.717) is 16.4 Å². The fraction of sp³-hybridized carbons (Fsp3) is 0.148. The Labute approximate surface area is 346 Å². The third kappa shape index (κ3) is 4.42. The first-order valence-electron chi connectivity index (χ1n) is 20.5. The van der Waals surface area contributed by atoms with Gasteiger partial charge in [0.2, 0.25) is 0 Å². The third-order valence-electron chi connectivity index (χ3n) is 14.4. The maximum absolute atomic E-state index is 7.30. The first-order valence-corrected chi connectivity index (χ1v) is 20.5. The highest BCUT2D eigenvalue weighted by Gasteiger charge is 2.31. The molecule has 4 aliphatic rings. The van der Waals surface area contributed by atoms with E-state index in [0.717, 1.165) is 91.8 Å². The average molecular weight is 728 g/mol. The molecule has 8 radical (unpaired) electrons. The van der Waals surface area contributed by atoms with Gasteiger partial charge in [-0.25, -0.2) is 0 Å². The van der Waals surface area contributed by atoms with Crippen LogP contribution in [0.15, 0.2) is 91.0 Å². The lowest BCUT2D eigenvalue weighted by Crippen LogP contribution is -2.41. The fourth-order valence-electron chi connectivity index (χ4n) is 11.3. The van der Waals surface area contributed by atoms with Crippen LogP contribution in [0.2, 0.25) is 0 Å². The van der Waals surface area contributed by atoms with Crippen molar-refractivity contribution in [2.75, 3.05) is 0 Å². The molecule has 0 aromatic heterocycles. The van der Waals surface area contributed by atoms with Gasteiger partial charge in [0.15, 0.2) is 0 Å². The van der Waals surface area contributed by atoms with E-state index in [2.05, 4.69) is 125 Å². The Morgan fingerprint density at radius 3 is 1.69 bits per heavy atom. The molecule has 0 heterocycles. The first-order chi connectivity index (χ1) is 28.1. The SMILES string of the molecule is [B]c1c([B])c(C)c2c(-c3ccc4c(c3)-c3cc5c(cc3C4)C=CC5)c3c(C)c(C)c([B])c(C)c3c(-c3ccc4c(c3)-c3c(ccc5c3-c3ccccc3C5)C4)c2c1[B]. The van der Waals surface area contributed by atoms with Crippen LogP contribution in [-0.4, -0.2) is 31.4 Å². The van der Waals surface area contributed by atoms with Crippen molar-refractivity contribution in [3.8, 4) is 55.6 Å². The van der Waals surface area contributed by atoms with Crippen LogP contribution in [0.1, 0.15) is 66.8 Å². The molecule has 0 saturated carbocycles. The molecule has 8 aromatic carbocycles. The van der Waals surface area contributed by atoms with Crippen LogP contribution < -0.4 is 21.9 Å². The molecule has 58 heavy (non-hydrogen) atoms. The normalized spacial score (nSPS) is 13.8. The Hall–Kier alpha value is -5.72. The maximum atomic E-state index is 7.30. The van der Waals surface area contributed by atoms with Gasteiger partial charge in [-0.05, 0) is 204 Å². The lowest BCUT2D eigenvalue weighted by molar-refractivity contribution is 1.23. The Kier molecular flexibility index (Phi) is 7.06. The van der Waals surface area contributed by atoms with Gasteiger partial charge in [-0.15, -0.1) is 10.9 Å². The molecule has 0 nitrogen and oxygen atoms in total. The van der Waals surface area contributed by atoms with Crippen molar-refractivity contribution in [1.82, 2.24) is 0 Å². The second-order valence-corrected chi connectivity index (χ2v) is 17.3. The summed E-state index contributed by atoms with van der Waals surface area (Å²) in [6, 6.07) is 32.5. The molecule has 0 spiro atoms. The molecule has 0 fully saturated rings. The zero-order chi connectivity index (χ0) is 39.5. The van der Waals surface area contributed by atoms with Crippen molar-refractivity contribution in [3.05, 3.63) is 158 Å². The van der Waals surface area contributed by atoms with E-state index >= 15 is 0 Å². The van der Waals surface area contributed by atoms with Crippen molar-refractivity contribution < 1.29 is 0 Å². The van der Waals surface area contributed by atoms with Gasteiger partial charge < -0.3 is 0 Å². The number of hydrogen-bond donors (Lipinski definition) is 0. The van der Waals surface area contributed by atoms with Gasteiger partial charge in [-0.1, -0.05) is 101 Å². The fourth-order valence-corrected chi connectivity index (χ4v) is 11.3. The summed E-state index contributed by atoms with van der Waals surface area (Å²) >= 11 is 0. The van der Waals surface area contributed by atoms with Crippen LogP contribution >= 0.6 is 0 Å². The predicted octanol–water partition coefficient (Wildman–Crippen LogP) is 9.02. The van der Waals surface area contributed by atoms with Gasteiger partial charge in [0.05, 0.1) is 0 Å². The summed E-state index contributed by atoms with van der Waals surface area (Å²) in [5, 5.41) is 4.28. The minimum absolute atomic E-state index is 0.428. The summed E-state index contributed by atoms with van der Waals surface area (Å²) in [4.78, 5) is 0. The summed E-state index contributed by atoms with van der Waals surface area (Å²) in [7, 11) is 28.2. The van der Waals surface area contributed by atoms with Crippen molar-refractivity contribution >= 4 is 80.9 Å². The van der Waals surface area contributed by atoms with E-state index in [1.54, 1.807) is 0 Å². The molecule has 0 unspecified atom stereocenters. The largest absolute Gasteiger partial charge is 0.114 e. The van der Waals surface area contributed by atoms with Crippen LogP contribution in [0.5, 0.6) is 0 Å².